The minimum atomic E-state index is -3.67. The number of benzene rings is 1. The number of aromatic nitrogens is 2. The fraction of sp³-hybridized carbons (Fsp3) is 0.500. The molecule has 2 aliphatic rings. The van der Waals surface area contributed by atoms with Crippen LogP contribution in [0.4, 0.5) is 0 Å². The number of halogens is 1. The molecule has 1 N–H and O–H groups in total. The summed E-state index contributed by atoms with van der Waals surface area (Å²) >= 11 is 5.88. The SMILES string of the molecule is Cn1cc(C(=O)NC2CCN(C(=O)C3CCCN(S(=O)(=O)c4ccc(Cl)cc4)C3)CC2)cn1. The number of amides is 2. The summed E-state index contributed by atoms with van der Waals surface area (Å²) in [5.41, 5.74) is 0.514. The molecule has 1 aromatic carbocycles. The molecular formula is C22H28ClN5O4S. The number of rotatable bonds is 5. The molecule has 0 aliphatic carbocycles. The molecule has 2 aliphatic heterocycles. The summed E-state index contributed by atoms with van der Waals surface area (Å²) in [6.45, 7) is 1.66. The summed E-state index contributed by atoms with van der Waals surface area (Å²) in [7, 11) is -1.92. The smallest absolute Gasteiger partial charge is 0.254 e. The van der Waals surface area contributed by atoms with E-state index >= 15 is 0 Å². The largest absolute Gasteiger partial charge is 0.349 e. The Balaban J connectivity index is 1.32. The van der Waals surface area contributed by atoms with Gasteiger partial charge in [0.25, 0.3) is 5.91 Å². The molecule has 0 spiro atoms. The van der Waals surface area contributed by atoms with Gasteiger partial charge in [-0.15, -0.1) is 0 Å². The normalized spacial score (nSPS) is 20.5. The van der Waals surface area contributed by atoms with Crippen LogP contribution >= 0.6 is 11.6 Å². The number of likely N-dealkylation sites (tertiary alicyclic amines) is 1. The first-order chi connectivity index (χ1) is 15.7. The van der Waals surface area contributed by atoms with E-state index in [0.717, 1.165) is 0 Å². The molecule has 0 saturated carbocycles. The zero-order chi connectivity index (χ0) is 23.6. The summed E-state index contributed by atoms with van der Waals surface area (Å²) in [5.74, 6) is -0.534. The van der Waals surface area contributed by atoms with Crippen molar-refractivity contribution in [1.29, 1.82) is 0 Å². The minimum absolute atomic E-state index is 0.00473. The van der Waals surface area contributed by atoms with Gasteiger partial charge in [0.15, 0.2) is 0 Å². The molecule has 33 heavy (non-hydrogen) atoms. The fourth-order valence-corrected chi connectivity index (χ4v) is 6.08. The summed E-state index contributed by atoms with van der Waals surface area (Å²) in [5, 5.41) is 7.50. The van der Waals surface area contributed by atoms with E-state index < -0.39 is 10.0 Å². The van der Waals surface area contributed by atoms with Crippen molar-refractivity contribution in [2.45, 2.75) is 36.6 Å². The van der Waals surface area contributed by atoms with Crippen molar-refractivity contribution < 1.29 is 18.0 Å². The molecule has 0 bridgehead atoms. The zero-order valence-electron chi connectivity index (χ0n) is 18.5. The lowest BCUT2D eigenvalue weighted by Crippen LogP contribution is -2.51. The Morgan fingerprint density at radius 3 is 2.42 bits per heavy atom. The van der Waals surface area contributed by atoms with E-state index in [9.17, 15) is 18.0 Å². The van der Waals surface area contributed by atoms with Crippen LogP contribution in [0.2, 0.25) is 5.02 Å². The van der Waals surface area contributed by atoms with Gasteiger partial charge in [0.2, 0.25) is 15.9 Å². The molecule has 9 nitrogen and oxygen atoms in total. The van der Waals surface area contributed by atoms with Crippen molar-refractivity contribution in [1.82, 2.24) is 24.3 Å². The van der Waals surface area contributed by atoms with Crippen molar-refractivity contribution in [2.24, 2.45) is 13.0 Å². The Kier molecular flexibility index (Phi) is 7.06. The summed E-state index contributed by atoms with van der Waals surface area (Å²) in [6, 6.07) is 6.09. The summed E-state index contributed by atoms with van der Waals surface area (Å²) in [4.78, 5) is 27.5. The third kappa shape index (κ3) is 5.39. The quantitative estimate of drug-likeness (QED) is 0.685. The number of nitrogens with one attached hydrogen (secondary N) is 1. The van der Waals surface area contributed by atoms with Crippen LogP contribution in [0.3, 0.4) is 0 Å². The van der Waals surface area contributed by atoms with E-state index in [4.69, 9.17) is 11.6 Å². The molecule has 178 valence electrons. The molecule has 3 heterocycles. The highest BCUT2D eigenvalue weighted by Crippen LogP contribution is 2.26. The predicted octanol–water partition coefficient (Wildman–Crippen LogP) is 1.90. The number of hydrogen-bond acceptors (Lipinski definition) is 5. The van der Waals surface area contributed by atoms with E-state index in [1.165, 1.54) is 22.6 Å². The lowest BCUT2D eigenvalue weighted by Gasteiger charge is -2.37. The molecule has 2 aromatic rings. The van der Waals surface area contributed by atoms with Gasteiger partial charge in [-0.2, -0.15) is 9.40 Å². The van der Waals surface area contributed by atoms with Gasteiger partial charge in [-0.3, -0.25) is 14.3 Å². The molecule has 11 heteroatoms. The van der Waals surface area contributed by atoms with Gasteiger partial charge in [0.1, 0.15) is 0 Å². The Morgan fingerprint density at radius 2 is 1.79 bits per heavy atom. The lowest BCUT2D eigenvalue weighted by atomic mass is 9.96. The van der Waals surface area contributed by atoms with Crippen LogP contribution in [0.15, 0.2) is 41.6 Å². The Morgan fingerprint density at radius 1 is 1.09 bits per heavy atom. The zero-order valence-corrected chi connectivity index (χ0v) is 20.1. The van der Waals surface area contributed by atoms with Crippen molar-refractivity contribution in [3.05, 3.63) is 47.2 Å². The second kappa shape index (κ2) is 9.82. The van der Waals surface area contributed by atoms with Crippen LogP contribution in [0, 0.1) is 5.92 Å². The van der Waals surface area contributed by atoms with Crippen molar-refractivity contribution in [3.8, 4) is 0 Å². The van der Waals surface area contributed by atoms with Gasteiger partial charge >= 0.3 is 0 Å². The lowest BCUT2D eigenvalue weighted by molar-refractivity contribution is -0.137. The molecule has 2 amide bonds. The first-order valence-corrected chi connectivity index (χ1v) is 12.9. The van der Waals surface area contributed by atoms with E-state index in [0.29, 0.717) is 55.9 Å². The average Bonchev–Trinajstić information content (AvgIpc) is 3.26. The monoisotopic (exact) mass is 493 g/mol. The van der Waals surface area contributed by atoms with E-state index in [1.807, 2.05) is 0 Å². The highest BCUT2D eigenvalue weighted by Gasteiger charge is 2.36. The van der Waals surface area contributed by atoms with Crippen LogP contribution in [-0.2, 0) is 21.9 Å². The van der Waals surface area contributed by atoms with E-state index in [1.54, 1.807) is 35.0 Å². The summed E-state index contributed by atoms with van der Waals surface area (Å²) in [6.07, 6.45) is 5.83. The highest BCUT2D eigenvalue weighted by molar-refractivity contribution is 7.89. The minimum Gasteiger partial charge on any atom is -0.349 e. The number of carbonyl (C=O) groups excluding carboxylic acids is 2. The molecular weight excluding hydrogens is 466 g/mol. The van der Waals surface area contributed by atoms with Gasteiger partial charge < -0.3 is 10.2 Å². The maximum atomic E-state index is 13.1. The number of carbonyl (C=O) groups is 2. The van der Waals surface area contributed by atoms with Crippen LogP contribution in [0.1, 0.15) is 36.0 Å². The Bertz CT molecular complexity index is 1110. The van der Waals surface area contributed by atoms with Crippen LogP contribution < -0.4 is 5.32 Å². The van der Waals surface area contributed by atoms with E-state index in [2.05, 4.69) is 10.4 Å². The number of nitrogens with zero attached hydrogens (tertiary/aromatic N) is 4. The topological polar surface area (TPSA) is 105 Å². The fourth-order valence-electron chi connectivity index (χ4n) is 4.43. The molecule has 4 rings (SSSR count). The number of piperidine rings is 2. The number of hydrogen-bond donors (Lipinski definition) is 1. The molecule has 2 saturated heterocycles. The van der Waals surface area contributed by atoms with Gasteiger partial charge in [0.05, 0.1) is 22.6 Å². The highest BCUT2D eigenvalue weighted by atomic mass is 35.5. The predicted molar refractivity (Wildman–Crippen MR) is 123 cm³/mol. The van der Waals surface area contributed by atoms with Gasteiger partial charge in [0, 0.05) is 50.5 Å². The van der Waals surface area contributed by atoms with Gasteiger partial charge in [-0.1, -0.05) is 11.6 Å². The maximum Gasteiger partial charge on any atom is 0.254 e. The van der Waals surface area contributed by atoms with Crippen LogP contribution in [0.5, 0.6) is 0 Å². The molecule has 0 radical (unpaired) electrons. The van der Waals surface area contributed by atoms with Crippen LogP contribution in [0.25, 0.3) is 0 Å². The second-order valence-corrected chi connectivity index (χ2v) is 11.0. The Hall–Kier alpha value is -2.43. The standard InChI is InChI=1S/C22H28ClN5O4S/c1-26-14-17(13-24-26)21(29)25-19-8-11-27(12-9-19)22(30)16-3-2-10-28(15-16)33(31,32)20-6-4-18(23)5-7-20/h4-7,13-14,16,19H,2-3,8-12,15H2,1H3,(H,25,29). The summed E-state index contributed by atoms with van der Waals surface area (Å²) < 4.78 is 29.0. The van der Waals surface area contributed by atoms with Crippen molar-refractivity contribution in [2.75, 3.05) is 26.2 Å². The average molecular weight is 494 g/mol. The Labute approximate surface area is 198 Å². The van der Waals surface area contributed by atoms with E-state index in [-0.39, 0.29) is 35.2 Å². The number of aryl methyl sites for hydroxylation is 1. The molecule has 1 atom stereocenters. The molecule has 2 fully saturated rings. The van der Waals surface area contributed by atoms with Crippen molar-refractivity contribution >= 4 is 33.4 Å². The third-order valence-corrected chi connectivity index (χ3v) is 8.43. The maximum absolute atomic E-state index is 13.1. The third-order valence-electron chi connectivity index (χ3n) is 6.29. The molecule has 1 unspecified atom stereocenters. The van der Waals surface area contributed by atoms with Gasteiger partial charge in [-0.05, 0) is 49.9 Å². The van der Waals surface area contributed by atoms with Gasteiger partial charge in [-0.25, -0.2) is 8.42 Å². The van der Waals surface area contributed by atoms with Crippen molar-refractivity contribution in [3.63, 3.8) is 0 Å². The first kappa shape index (κ1) is 23.7. The molecule has 1 aromatic heterocycles. The second-order valence-electron chi connectivity index (χ2n) is 8.63. The first-order valence-electron chi connectivity index (χ1n) is 11.1. The van der Waals surface area contributed by atoms with Crippen LogP contribution in [-0.4, -0.2) is 71.4 Å². The number of sulfonamides is 1.